The number of hydrogen-bond acceptors (Lipinski definition) is 8. The van der Waals surface area contributed by atoms with Gasteiger partial charge in [-0.2, -0.15) is 0 Å². The molecule has 0 atom stereocenters. The zero-order valence-corrected chi connectivity index (χ0v) is 14.0. The highest BCUT2D eigenvalue weighted by molar-refractivity contribution is 6.29. The Balaban J connectivity index is 1.86. The third-order valence-electron chi connectivity index (χ3n) is 3.59. The predicted molar refractivity (Wildman–Crippen MR) is 92.3 cm³/mol. The molecule has 0 fully saturated rings. The summed E-state index contributed by atoms with van der Waals surface area (Å²) in [5.41, 5.74) is 0.522. The largest absolute Gasteiger partial charge is 0.433 e. The molecule has 2 aromatic rings. The number of halogens is 1. The molecule has 0 spiro atoms. The van der Waals surface area contributed by atoms with Crippen LogP contribution in [-0.4, -0.2) is 38.7 Å². The third kappa shape index (κ3) is 3.86. The van der Waals surface area contributed by atoms with Crippen LogP contribution in [-0.2, 0) is 6.54 Å². The molecule has 11 heteroatoms. The number of nitro groups is 2. The van der Waals surface area contributed by atoms with E-state index in [2.05, 4.69) is 9.98 Å². The van der Waals surface area contributed by atoms with Gasteiger partial charge in [0, 0.05) is 19.3 Å². The first-order valence-corrected chi connectivity index (χ1v) is 7.82. The highest BCUT2D eigenvalue weighted by Crippen LogP contribution is 2.21. The van der Waals surface area contributed by atoms with Gasteiger partial charge in [-0.3, -0.25) is 25.2 Å². The summed E-state index contributed by atoms with van der Waals surface area (Å²) in [5, 5.41) is 22.5. The van der Waals surface area contributed by atoms with E-state index >= 15 is 0 Å². The molecule has 1 aliphatic rings. The SMILES string of the molecule is O=[N+]([O-])/C(=C\c1ccc([N+](=O)[O-])o1)C1=NCCN1Cc1ccc(Cl)nc1. The number of rotatable bonds is 6. The average Bonchev–Trinajstić information content (AvgIpc) is 3.24. The third-order valence-corrected chi connectivity index (χ3v) is 3.81. The molecule has 0 radical (unpaired) electrons. The van der Waals surface area contributed by atoms with Crippen molar-refractivity contribution in [1.29, 1.82) is 0 Å². The lowest BCUT2D eigenvalue weighted by molar-refractivity contribution is -0.414. The first-order chi connectivity index (χ1) is 12.4. The van der Waals surface area contributed by atoms with Gasteiger partial charge in [-0.15, -0.1) is 0 Å². The van der Waals surface area contributed by atoms with Crippen LogP contribution < -0.4 is 0 Å². The van der Waals surface area contributed by atoms with Crippen LogP contribution >= 0.6 is 11.6 Å². The first kappa shape index (κ1) is 17.5. The summed E-state index contributed by atoms with van der Waals surface area (Å²) in [6.07, 6.45) is 2.72. The van der Waals surface area contributed by atoms with Crippen LogP contribution in [0.15, 0.2) is 45.6 Å². The molecule has 0 amide bonds. The van der Waals surface area contributed by atoms with Gasteiger partial charge in [-0.1, -0.05) is 17.7 Å². The van der Waals surface area contributed by atoms with E-state index in [0.29, 0.717) is 24.8 Å². The Morgan fingerprint density at radius 3 is 2.73 bits per heavy atom. The molecule has 0 N–H and O–H groups in total. The van der Waals surface area contributed by atoms with E-state index in [1.165, 1.54) is 6.07 Å². The number of nitrogens with zero attached hydrogens (tertiary/aromatic N) is 5. The van der Waals surface area contributed by atoms with Crippen molar-refractivity contribution in [3.05, 3.63) is 72.9 Å². The zero-order valence-electron chi connectivity index (χ0n) is 13.2. The molecule has 0 saturated carbocycles. The zero-order chi connectivity index (χ0) is 18.7. The molecule has 10 nitrogen and oxygen atoms in total. The second-order valence-corrected chi connectivity index (χ2v) is 5.72. The normalized spacial score (nSPS) is 14.4. The van der Waals surface area contributed by atoms with Crippen LogP contribution in [0.1, 0.15) is 11.3 Å². The highest BCUT2D eigenvalue weighted by Gasteiger charge is 2.29. The van der Waals surface area contributed by atoms with E-state index in [1.807, 2.05) is 0 Å². The molecular formula is C15H12ClN5O5. The molecule has 3 rings (SSSR count). The summed E-state index contributed by atoms with van der Waals surface area (Å²) < 4.78 is 4.97. The van der Waals surface area contributed by atoms with Gasteiger partial charge >= 0.3 is 11.6 Å². The fraction of sp³-hybridized carbons (Fsp3) is 0.200. The van der Waals surface area contributed by atoms with E-state index in [-0.39, 0.29) is 17.3 Å². The Hall–Kier alpha value is -3.27. The van der Waals surface area contributed by atoms with Crippen LogP contribution in [0, 0.1) is 20.2 Å². The molecule has 0 aromatic carbocycles. The minimum atomic E-state index is -0.712. The smallest absolute Gasteiger partial charge is 0.401 e. The number of pyridine rings is 1. The minimum Gasteiger partial charge on any atom is -0.401 e. The summed E-state index contributed by atoms with van der Waals surface area (Å²) in [4.78, 5) is 30.8. The quantitative estimate of drug-likeness (QED) is 0.430. The molecule has 0 saturated heterocycles. The Bertz CT molecular complexity index is 905. The molecule has 3 heterocycles. The monoisotopic (exact) mass is 377 g/mol. The molecule has 0 unspecified atom stereocenters. The Morgan fingerprint density at radius 1 is 1.31 bits per heavy atom. The van der Waals surface area contributed by atoms with Crippen LogP contribution in [0.25, 0.3) is 6.08 Å². The van der Waals surface area contributed by atoms with Crippen molar-refractivity contribution in [2.24, 2.45) is 4.99 Å². The summed E-state index contributed by atoms with van der Waals surface area (Å²) in [6.45, 7) is 1.27. The maximum Gasteiger partial charge on any atom is 0.433 e. The summed E-state index contributed by atoms with van der Waals surface area (Å²) >= 11 is 5.76. The van der Waals surface area contributed by atoms with Crippen molar-refractivity contribution in [2.75, 3.05) is 13.1 Å². The van der Waals surface area contributed by atoms with Gasteiger partial charge in [-0.05, 0) is 17.7 Å². The molecule has 2 aromatic heterocycles. The second-order valence-electron chi connectivity index (χ2n) is 5.34. The molecule has 1 aliphatic heterocycles. The van der Waals surface area contributed by atoms with Crippen molar-refractivity contribution in [3.63, 3.8) is 0 Å². The topological polar surface area (TPSA) is 128 Å². The Labute approximate surface area is 151 Å². The molecule has 0 aliphatic carbocycles. The summed E-state index contributed by atoms with van der Waals surface area (Å²) in [7, 11) is 0. The van der Waals surface area contributed by atoms with Gasteiger partial charge < -0.3 is 9.32 Å². The number of furan rings is 1. The van der Waals surface area contributed by atoms with Gasteiger partial charge in [0.2, 0.25) is 5.84 Å². The van der Waals surface area contributed by atoms with Crippen LogP contribution in [0.4, 0.5) is 5.88 Å². The molecule has 26 heavy (non-hydrogen) atoms. The lowest BCUT2D eigenvalue weighted by atomic mass is 10.2. The van der Waals surface area contributed by atoms with Gasteiger partial charge in [0.05, 0.1) is 23.6 Å². The number of aromatic nitrogens is 1. The van der Waals surface area contributed by atoms with E-state index in [0.717, 1.165) is 17.7 Å². The van der Waals surface area contributed by atoms with E-state index < -0.39 is 15.7 Å². The van der Waals surface area contributed by atoms with E-state index in [4.69, 9.17) is 16.0 Å². The number of aliphatic imine (C=N–C) groups is 1. The van der Waals surface area contributed by atoms with E-state index in [9.17, 15) is 20.2 Å². The highest BCUT2D eigenvalue weighted by atomic mass is 35.5. The predicted octanol–water partition coefficient (Wildman–Crippen LogP) is 2.77. The van der Waals surface area contributed by atoms with Gasteiger partial charge in [0.1, 0.15) is 15.8 Å². The molecule has 134 valence electrons. The lowest BCUT2D eigenvalue weighted by Crippen LogP contribution is -2.30. The fourth-order valence-corrected chi connectivity index (χ4v) is 2.56. The maximum absolute atomic E-state index is 11.5. The number of amidine groups is 1. The standard InChI is InChI=1S/C15H12ClN5O5/c16-13-3-1-10(8-18-13)9-19-6-5-17-15(19)12(20(22)23)7-11-2-4-14(26-11)21(24)25/h1-4,7-8H,5-6,9H2/b12-7-. The van der Waals surface area contributed by atoms with E-state index in [1.54, 1.807) is 23.2 Å². The lowest BCUT2D eigenvalue weighted by Gasteiger charge is -2.18. The number of hydrogen-bond donors (Lipinski definition) is 0. The van der Waals surface area contributed by atoms with Gasteiger partial charge in [-0.25, -0.2) is 4.98 Å². The van der Waals surface area contributed by atoms with Crippen molar-refractivity contribution >= 4 is 29.4 Å². The van der Waals surface area contributed by atoms with Crippen LogP contribution in [0.3, 0.4) is 0 Å². The van der Waals surface area contributed by atoms with Gasteiger partial charge in [0.15, 0.2) is 0 Å². The van der Waals surface area contributed by atoms with Crippen LogP contribution in [0.5, 0.6) is 0 Å². The first-order valence-electron chi connectivity index (χ1n) is 7.44. The van der Waals surface area contributed by atoms with Crippen molar-refractivity contribution in [3.8, 4) is 0 Å². The Morgan fingerprint density at radius 2 is 2.12 bits per heavy atom. The fourth-order valence-electron chi connectivity index (χ4n) is 2.45. The van der Waals surface area contributed by atoms with Gasteiger partial charge in [0.25, 0.3) is 0 Å². The summed E-state index contributed by atoms with van der Waals surface area (Å²) in [6, 6.07) is 5.84. The maximum atomic E-state index is 11.5. The summed E-state index contributed by atoms with van der Waals surface area (Å²) in [5.74, 6) is -0.300. The Kier molecular flexibility index (Phi) is 4.94. The van der Waals surface area contributed by atoms with Crippen molar-refractivity contribution < 1.29 is 14.3 Å². The van der Waals surface area contributed by atoms with Crippen molar-refractivity contribution in [2.45, 2.75) is 6.54 Å². The molecule has 0 bridgehead atoms. The minimum absolute atomic E-state index is 0.00566. The second kappa shape index (κ2) is 7.31. The average molecular weight is 378 g/mol. The van der Waals surface area contributed by atoms with Crippen LogP contribution in [0.2, 0.25) is 5.15 Å². The molecular weight excluding hydrogens is 366 g/mol. The van der Waals surface area contributed by atoms with Crippen molar-refractivity contribution in [1.82, 2.24) is 9.88 Å².